The predicted molar refractivity (Wildman–Crippen MR) is 89.8 cm³/mol. The van der Waals surface area contributed by atoms with Crippen molar-refractivity contribution in [3.8, 4) is 0 Å². The zero-order valence-electron chi connectivity index (χ0n) is 13.0. The van der Waals surface area contributed by atoms with E-state index in [0.29, 0.717) is 5.92 Å². The maximum Gasteiger partial charge on any atom is 0.125 e. The smallest absolute Gasteiger partial charge is 0.125 e. The third-order valence-corrected chi connectivity index (χ3v) is 4.52. The van der Waals surface area contributed by atoms with Gasteiger partial charge >= 0.3 is 0 Å². The van der Waals surface area contributed by atoms with Crippen molar-refractivity contribution in [2.24, 2.45) is 5.73 Å². The fourth-order valence-corrected chi connectivity index (χ4v) is 3.29. The largest absolute Gasteiger partial charge is 0.369 e. The fraction of sp³-hybridized carbons (Fsp3) is 0.368. The Kier molecular flexibility index (Phi) is 4.44. The minimum atomic E-state index is -0.194. The summed E-state index contributed by atoms with van der Waals surface area (Å²) in [4.78, 5) is 2.20. The van der Waals surface area contributed by atoms with E-state index in [9.17, 15) is 4.39 Å². The SMILES string of the molecule is CCc1ccc(C2CC(N)CN(c3cccc(F)c3)C2)cc1. The van der Waals surface area contributed by atoms with Gasteiger partial charge in [0.1, 0.15) is 5.82 Å². The molecule has 1 heterocycles. The van der Waals surface area contributed by atoms with Gasteiger partial charge in [-0.3, -0.25) is 0 Å². The quantitative estimate of drug-likeness (QED) is 0.936. The van der Waals surface area contributed by atoms with Crippen molar-refractivity contribution in [3.05, 3.63) is 65.5 Å². The second kappa shape index (κ2) is 6.49. The minimum absolute atomic E-state index is 0.118. The maximum absolute atomic E-state index is 13.5. The highest BCUT2D eigenvalue weighted by Crippen LogP contribution is 2.30. The van der Waals surface area contributed by atoms with E-state index in [1.807, 2.05) is 6.07 Å². The van der Waals surface area contributed by atoms with Crippen molar-refractivity contribution < 1.29 is 4.39 Å². The first-order chi connectivity index (χ1) is 10.7. The molecule has 0 radical (unpaired) electrons. The number of anilines is 1. The number of nitrogens with zero attached hydrogens (tertiary/aromatic N) is 1. The standard InChI is InChI=1S/C19H23FN2/c1-2-14-6-8-15(9-7-14)16-10-18(21)13-22(12-16)19-5-3-4-17(20)11-19/h3-9,11,16,18H,2,10,12-13,21H2,1H3. The third-order valence-electron chi connectivity index (χ3n) is 4.52. The summed E-state index contributed by atoms with van der Waals surface area (Å²) in [5.74, 6) is 0.207. The third kappa shape index (κ3) is 3.30. The van der Waals surface area contributed by atoms with Crippen molar-refractivity contribution in [3.63, 3.8) is 0 Å². The summed E-state index contributed by atoms with van der Waals surface area (Å²) in [6.45, 7) is 3.84. The van der Waals surface area contributed by atoms with Gasteiger partial charge in [0, 0.05) is 30.7 Å². The number of halogens is 1. The number of hydrogen-bond donors (Lipinski definition) is 1. The van der Waals surface area contributed by atoms with Crippen LogP contribution < -0.4 is 10.6 Å². The number of nitrogens with two attached hydrogens (primary N) is 1. The molecule has 2 aromatic carbocycles. The molecule has 0 bridgehead atoms. The first kappa shape index (κ1) is 15.0. The van der Waals surface area contributed by atoms with Crippen LogP contribution in [0.4, 0.5) is 10.1 Å². The summed E-state index contributed by atoms with van der Waals surface area (Å²) in [7, 11) is 0. The van der Waals surface area contributed by atoms with Gasteiger partial charge in [0.15, 0.2) is 0 Å². The number of benzene rings is 2. The molecule has 2 unspecified atom stereocenters. The molecule has 3 rings (SSSR count). The van der Waals surface area contributed by atoms with Crippen molar-refractivity contribution >= 4 is 5.69 Å². The van der Waals surface area contributed by atoms with Crippen LogP contribution in [0, 0.1) is 5.82 Å². The van der Waals surface area contributed by atoms with Gasteiger partial charge < -0.3 is 10.6 Å². The van der Waals surface area contributed by atoms with Crippen LogP contribution in [0.15, 0.2) is 48.5 Å². The van der Waals surface area contributed by atoms with E-state index in [-0.39, 0.29) is 11.9 Å². The van der Waals surface area contributed by atoms with Gasteiger partial charge in [0.05, 0.1) is 0 Å². The molecule has 1 saturated heterocycles. The number of hydrogen-bond acceptors (Lipinski definition) is 2. The van der Waals surface area contributed by atoms with E-state index < -0.39 is 0 Å². The Bertz CT molecular complexity index is 624. The number of rotatable bonds is 3. The average Bonchev–Trinajstić information content (AvgIpc) is 2.54. The zero-order valence-corrected chi connectivity index (χ0v) is 13.0. The monoisotopic (exact) mass is 298 g/mol. The Hall–Kier alpha value is -1.87. The average molecular weight is 298 g/mol. The first-order valence-electron chi connectivity index (χ1n) is 8.00. The summed E-state index contributed by atoms with van der Waals surface area (Å²) >= 11 is 0. The molecule has 1 aliphatic rings. The second-order valence-corrected chi connectivity index (χ2v) is 6.17. The molecule has 3 heteroatoms. The summed E-state index contributed by atoms with van der Waals surface area (Å²) in [6, 6.07) is 15.7. The highest BCUT2D eigenvalue weighted by Gasteiger charge is 2.26. The molecule has 0 saturated carbocycles. The molecule has 0 aliphatic carbocycles. The topological polar surface area (TPSA) is 29.3 Å². The molecule has 2 N–H and O–H groups in total. The Balaban J connectivity index is 1.80. The maximum atomic E-state index is 13.5. The van der Waals surface area contributed by atoms with Gasteiger partial charge in [-0.25, -0.2) is 4.39 Å². The molecule has 1 fully saturated rings. The summed E-state index contributed by atoms with van der Waals surface area (Å²) in [5, 5.41) is 0. The molecule has 2 aromatic rings. The van der Waals surface area contributed by atoms with E-state index in [4.69, 9.17) is 5.73 Å². The molecule has 0 amide bonds. The Labute approximate surface area is 131 Å². The van der Waals surface area contributed by atoms with Crippen LogP contribution in [0.25, 0.3) is 0 Å². The van der Waals surface area contributed by atoms with Crippen molar-refractivity contribution in [2.45, 2.75) is 31.7 Å². The van der Waals surface area contributed by atoms with Gasteiger partial charge in [0.25, 0.3) is 0 Å². The Morgan fingerprint density at radius 2 is 1.91 bits per heavy atom. The lowest BCUT2D eigenvalue weighted by molar-refractivity contribution is 0.453. The molecule has 0 aromatic heterocycles. The van der Waals surface area contributed by atoms with Gasteiger partial charge in [-0.2, -0.15) is 0 Å². The van der Waals surface area contributed by atoms with E-state index in [0.717, 1.165) is 31.6 Å². The van der Waals surface area contributed by atoms with E-state index >= 15 is 0 Å². The lowest BCUT2D eigenvalue weighted by Gasteiger charge is -2.38. The second-order valence-electron chi connectivity index (χ2n) is 6.17. The highest BCUT2D eigenvalue weighted by atomic mass is 19.1. The van der Waals surface area contributed by atoms with Crippen LogP contribution in [0.2, 0.25) is 0 Å². The molecule has 22 heavy (non-hydrogen) atoms. The molecule has 1 aliphatic heterocycles. The van der Waals surface area contributed by atoms with E-state index in [2.05, 4.69) is 36.1 Å². The Morgan fingerprint density at radius 3 is 2.59 bits per heavy atom. The van der Waals surface area contributed by atoms with Crippen LogP contribution in [-0.4, -0.2) is 19.1 Å². The molecule has 2 atom stereocenters. The molecule has 2 nitrogen and oxygen atoms in total. The molecule has 0 spiro atoms. The molecular formula is C19H23FN2. The lowest BCUT2D eigenvalue weighted by atomic mass is 9.87. The van der Waals surface area contributed by atoms with Crippen LogP contribution in [0.1, 0.15) is 30.4 Å². The lowest BCUT2D eigenvalue weighted by Crippen LogP contribution is -2.46. The minimum Gasteiger partial charge on any atom is -0.369 e. The first-order valence-corrected chi connectivity index (χ1v) is 8.00. The normalized spacial score (nSPS) is 21.9. The van der Waals surface area contributed by atoms with E-state index in [1.165, 1.54) is 17.2 Å². The summed E-state index contributed by atoms with van der Waals surface area (Å²) in [5.41, 5.74) is 9.85. The summed E-state index contributed by atoms with van der Waals surface area (Å²) in [6.07, 6.45) is 2.04. The molecule has 116 valence electrons. The van der Waals surface area contributed by atoms with Gasteiger partial charge in [-0.1, -0.05) is 37.3 Å². The van der Waals surface area contributed by atoms with E-state index in [1.54, 1.807) is 12.1 Å². The molecular weight excluding hydrogens is 275 g/mol. The van der Waals surface area contributed by atoms with Crippen LogP contribution in [0.3, 0.4) is 0 Å². The summed E-state index contributed by atoms with van der Waals surface area (Å²) < 4.78 is 13.5. The van der Waals surface area contributed by atoms with Gasteiger partial charge in [-0.15, -0.1) is 0 Å². The van der Waals surface area contributed by atoms with Crippen molar-refractivity contribution in [1.82, 2.24) is 0 Å². The zero-order chi connectivity index (χ0) is 15.5. The van der Waals surface area contributed by atoms with Crippen LogP contribution in [0.5, 0.6) is 0 Å². The van der Waals surface area contributed by atoms with Gasteiger partial charge in [0.2, 0.25) is 0 Å². The Morgan fingerprint density at radius 1 is 1.14 bits per heavy atom. The van der Waals surface area contributed by atoms with Crippen LogP contribution >= 0.6 is 0 Å². The number of piperidine rings is 1. The predicted octanol–water partition coefficient (Wildman–Crippen LogP) is 3.71. The highest BCUT2D eigenvalue weighted by molar-refractivity contribution is 5.48. The van der Waals surface area contributed by atoms with Crippen LogP contribution in [-0.2, 0) is 6.42 Å². The van der Waals surface area contributed by atoms with Crippen molar-refractivity contribution in [1.29, 1.82) is 0 Å². The fourth-order valence-electron chi connectivity index (χ4n) is 3.29. The van der Waals surface area contributed by atoms with Crippen molar-refractivity contribution in [2.75, 3.05) is 18.0 Å². The van der Waals surface area contributed by atoms with Gasteiger partial charge in [-0.05, 0) is 42.2 Å². The number of aryl methyl sites for hydroxylation is 1.